The van der Waals surface area contributed by atoms with Gasteiger partial charge in [-0.1, -0.05) is 84.9 Å². The van der Waals surface area contributed by atoms with Crippen LogP contribution in [0.25, 0.3) is 54.6 Å². The van der Waals surface area contributed by atoms with Crippen LogP contribution >= 0.6 is 0 Å². The molecular formula is C32H20N2. The van der Waals surface area contributed by atoms with Crippen LogP contribution in [0, 0.1) is 16.7 Å². The highest BCUT2D eigenvalue weighted by Crippen LogP contribution is 2.41. The molecule has 2 heteroatoms. The van der Waals surface area contributed by atoms with Crippen molar-refractivity contribution in [1.29, 1.82) is 10.7 Å². The van der Waals surface area contributed by atoms with Crippen molar-refractivity contribution >= 4 is 38.5 Å². The van der Waals surface area contributed by atoms with Crippen LogP contribution in [0.4, 0.5) is 0 Å². The number of hydrogen-bond donors (Lipinski definition) is 1. The van der Waals surface area contributed by atoms with E-state index in [4.69, 9.17) is 5.41 Å². The third-order valence-corrected chi connectivity index (χ3v) is 6.57. The first-order valence-electron chi connectivity index (χ1n) is 11.3. The van der Waals surface area contributed by atoms with Crippen molar-refractivity contribution in [1.82, 2.24) is 0 Å². The molecule has 34 heavy (non-hydrogen) atoms. The van der Waals surface area contributed by atoms with Gasteiger partial charge in [0.1, 0.15) is 0 Å². The fourth-order valence-electron chi connectivity index (χ4n) is 4.94. The Morgan fingerprint density at radius 1 is 0.588 bits per heavy atom. The molecule has 0 heterocycles. The molecule has 0 saturated carbocycles. The first kappa shape index (κ1) is 19.9. The Balaban J connectivity index is 1.72. The lowest BCUT2D eigenvalue weighted by Gasteiger charge is -2.16. The van der Waals surface area contributed by atoms with Crippen molar-refractivity contribution in [3.8, 4) is 28.3 Å². The quantitative estimate of drug-likeness (QED) is 0.222. The lowest BCUT2D eigenvalue weighted by Crippen LogP contribution is -1.89. The zero-order valence-electron chi connectivity index (χ0n) is 18.4. The maximum atomic E-state index is 9.22. The van der Waals surface area contributed by atoms with E-state index in [1.807, 2.05) is 36.4 Å². The highest BCUT2D eigenvalue weighted by atomic mass is 14.3. The van der Waals surface area contributed by atoms with Crippen molar-refractivity contribution < 1.29 is 0 Å². The third-order valence-electron chi connectivity index (χ3n) is 6.57. The molecule has 0 aliphatic carbocycles. The van der Waals surface area contributed by atoms with Crippen LogP contribution < -0.4 is 0 Å². The van der Waals surface area contributed by atoms with Crippen molar-refractivity contribution in [3.63, 3.8) is 0 Å². The van der Waals surface area contributed by atoms with E-state index < -0.39 is 0 Å². The Morgan fingerprint density at radius 3 is 1.53 bits per heavy atom. The number of fused-ring (bicyclic) bond motifs is 5. The predicted molar refractivity (Wildman–Crippen MR) is 142 cm³/mol. The van der Waals surface area contributed by atoms with E-state index in [0.717, 1.165) is 22.3 Å². The van der Waals surface area contributed by atoms with E-state index in [1.165, 1.54) is 44.1 Å². The Hall–Kier alpha value is -4.74. The average Bonchev–Trinajstić information content (AvgIpc) is 2.92. The lowest BCUT2D eigenvalue weighted by atomic mass is 9.87. The molecule has 0 fully saturated rings. The smallest absolute Gasteiger partial charge is 0.0991 e. The van der Waals surface area contributed by atoms with E-state index in [0.29, 0.717) is 5.56 Å². The summed E-state index contributed by atoms with van der Waals surface area (Å²) in [7, 11) is 0. The summed E-state index contributed by atoms with van der Waals surface area (Å²) in [6.45, 7) is 0. The summed E-state index contributed by atoms with van der Waals surface area (Å²) in [6.07, 6.45) is 1.37. The molecule has 0 saturated heterocycles. The largest absolute Gasteiger partial charge is 0.308 e. The van der Waals surface area contributed by atoms with Crippen LogP contribution in [0.2, 0.25) is 0 Å². The summed E-state index contributed by atoms with van der Waals surface area (Å²) < 4.78 is 0. The van der Waals surface area contributed by atoms with Gasteiger partial charge in [-0.25, -0.2) is 0 Å². The highest BCUT2D eigenvalue weighted by Gasteiger charge is 2.14. The van der Waals surface area contributed by atoms with Crippen molar-refractivity contribution in [2.75, 3.05) is 0 Å². The molecular weight excluding hydrogens is 412 g/mol. The first-order valence-corrected chi connectivity index (χ1v) is 11.3. The van der Waals surface area contributed by atoms with Gasteiger partial charge in [-0.2, -0.15) is 5.26 Å². The first-order chi connectivity index (χ1) is 16.8. The second kappa shape index (κ2) is 7.99. The summed E-state index contributed by atoms with van der Waals surface area (Å²) in [4.78, 5) is 0. The summed E-state index contributed by atoms with van der Waals surface area (Å²) in [6, 6.07) is 39.9. The Kier molecular flexibility index (Phi) is 4.68. The fourth-order valence-corrected chi connectivity index (χ4v) is 4.94. The fraction of sp³-hybridized carbons (Fsp3) is 0. The van der Waals surface area contributed by atoms with Crippen LogP contribution in [-0.4, -0.2) is 6.21 Å². The molecule has 0 atom stereocenters. The maximum absolute atomic E-state index is 9.22. The molecule has 158 valence electrons. The van der Waals surface area contributed by atoms with Crippen LogP contribution in [0.5, 0.6) is 0 Å². The number of nitriles is 1. The molecule has 6 aromatic rings. The van der Waals surface area contributed by atoms with E-state index in [-0.39, 0.29) is 0 Å². The topological polar surface area (TPSA) is 47.6 Å². The summed E-state index contributed by atoms with van der Waals surface area (Å²) in [5, 5.41) is 24.1. The molecule has 0 spiro atoms. The minimum atomic E-state index is 0.662. The van der Waals surface area contributed by atoms with Crippen LogP contribution in [0.3, 0.4) is 0 Å². The number of rotatable bonds is 3. The standard InChI is InChI=1S/C32H20N2/c33-19-21-9-13-23(14-10-21)30-17-25-18-31(24-15-11-22(20-34)12-16-24)27-6-2-4-8-29(27)32(25)28-7-3-1-5-26(28)30/h1-19,33H. The Labute approximate surface area is 197 Å². The normalized spacial score (nSPS) is 11.0. The summed E-state index contributed by atoms with van der Waals surface area (Å²) in [5.74, 6) is 0. The predicted octanol–water partition coefficient (Wildman–Crippen LogP) is 8.35. The average molecular weight is 433 g/mol. The van der Waals surface area contributed by atoms with Gasteiger partial charge in [-0.05, 0) is 84.4 Å². The van der Waals surface area contributed by atoms with Crippen molar-refractivity contribution in [3.05, 3.63) is 120 Å². The molecule has 1 N–H and O–H groups in total. The molecule has 6 rings (SSSR count). The number of hydrogen-bond acceptors (Lipinski definition) is 2. The van der Waals surface area contributed by atoms with E-state index in [1.54, 1.807) is 0 Å². The molecule has 0 aliphatic heterocycles. The molecule has 0 aliphatic rings. The summed E-state index contributed by atoms with van der Waals surface area (Å²) in [5.41, 5.74) is 6.13. The number of benzene rings is 6. The van der Waals surface area contributed by atoms with Gasteiger partial charge >= 0.3 is 0 Å². The third kappa shape index (κ3) is 3.15. The molecule has 2 nitrogen and oxygen atoms in total. The van der Waals surface area contributed by atoms with Crippen molar-refractivity contribution in [2.45, 2.75) is 0 Å². The number of nitrogens with zero attached hydrogens (tertiary/aromatic N) is 1. The zero-order chi connectivity index (χ0) is 23.1. The van der Waals surface area contributed by atoms with Gasteiger partial charge in [0, 0.05) is 6.21 Å². The van der Waals surface area contributed by atoms with E-state index in [9.17, 15) is 5.26 Å². The van der Waals surface area contributed by atoms with E-state index in [2.05, 4.69) is 78.9 Å². The Bertz CT molecular complexity index is 1750. The van der Waals surface area contributed by atoms with Crippen LogP contribution in [0.15, 0.2) is 109 Å². The Morgan fingerprint density at radius 2 is 1.06 bits per heavy atom. The van der Waals surface area contributed by atoms with Crippen molar-refractivity contribution in [2.24, 2.45) is 0 Å². The van der Waals surface area contributed by atoms with Crippen LogP contribution in [-0.2, 0) is 0 Å². The van der Waals surface area contributed by atoms with Gasteiger partial charge < -0.3 is 5.41 Å². The van der Waals surface area contributed by atoms with Gasteiger partial charge in [0.2, 0.25) is 0 Å². The molecule has 0 aromatic heterocycles. The monoisotopic (exact) mass is 432 g/mol. The second-order valence-electron chi connectivity index (χ2n) is 8.49. The van der Waals surface area contributed by atoms with Gasteiger partial charge in [0.15, 0.2) is 0 Å². The minimum absolute atomic E-state index is 0.662. The highest BCUT2D eigenvalue weighted by molar-refractivity contribution is 6.25. The molecule has 0 amide bonds. The van der Waals surface area contributed by atoms with Gasteiger partial charge in [-0.3, -0.25) is 0 Å². The molecule has 0 unspecified atom stereocenters. The maximum Gasteiger partial charge on any atom is 0.0991 e. The number of nitrogens with one attached hydrogen (secondary N) is 1. The minimum Gasteiger partial charge on any atom is -0.308 e. The zero-order valence-corrected chi connectivity index (χ0v) is 18.4. The van der Waals surface area contributed by atoms with E-state index >= 15 is 0 Å². The molecule has 0 radical (unpaired) electrons. The lowest BCUT2D eigenvalue weighted by molar-refractivity contribution is 1.48. The second-order valence-corrected chi connectivity index (χ2v) is 8.49. The summed E-state index contributed by atoms with van der Waals surface area (Å²) >= 11 is 0. The van der Waals surface area contributed by atoms with Crippen LogP contribution in [0.1, 0.15) is 11.1 Å². The molecule has 0 bridgehead atoms. The SMILES string of the molecule is N#Cc1ccc(-c2cc3cc(-c4ccc(C=N)cc4)c4ccccc4c3c3ccccc23)cc1. The van der Waals surface area contributed by atoms with Gasteiger partial charge in [0.25, 0.3) is 0 Å². The molecule has 6 aromatic carbocycles. The van der Waals surface area contributed by atoms with Gasteiger partial charge in [-0.15, -0.1) is 0 Å². The van der Waals surface area contributed by atoms with Gasteiger partial charge in [0.05, 0.1) is 11.6 Å².